The lowest BCUT2D eigenvalue weighted by Crippen LogP contribution is -2.50. The Hall–Kier alpha value is -2.62. The van der Waals surface area contributed by atoms with Crippen LogP contribution in [0.1, 0.15) is 31.3 Å². The first-order chi connectivity index (χ1) is 9.80. The van der Waals surface area contributed by atoms with Crippen LogP contribution in [0.2, 0.25) is 0 Å². The van der Waals surface area contributed by atoms with E-state index in [0.717, 1.165) is 6.20 Å². The average molecular weight is 291 g/mol. The summed E-state index contributed by atoms with van der Waals surface area (Å²) in [7, 11) is 0. The van der Waals surface area contributed by atoms with E-state index < -0.39 is 24.0 Å². The van der Waals surface area contributed by atoms with Crippen molar-refractivity contribution in [3.8, 4) is 6.07 Å². The van der Waals surface area contributed by atoms with Gasteiger partial charge in [-0.2, -0.15) is 9.99 Å². The van der Waals surface area contributed by atoms with E-state index in [1.165, 1.54) is 18.2 Å². The zero-order chi connectivity index (χ0) is 16.0. The number of ether oxygens (including phenoxy) is 1. The third kappa shape index (κ3) is 4.18. The molecule has 7 nitrogen and oxygen atoms in total. The third-order valence-electron chi connectivity index (χ3n) is 3.15. The van der Waals surface area contributed by atoms with Crippen LogP contribution in [0.4, 0.5) is 0 Å². The van der Waals surface area contributed by atoms with Crippen molar-refractivity contribution in [3.05, 3.63) is 35.3 Å². The van der Waals surface area contributed by atoms with E-state index >= 15 is 0 Å². The highest BCUT2D eigenvalue weighted by molar-refractivity contribution is 5.88. The minimum atomic E-state index is -1.05. The van der Waals surface area contributed by atoms with Gasteiger partial charge in [-0.3, -0.25) is 4.79 Å². The molecule has 1 N–H and O–H groups in total. The lowest BCUT2D eigenvalue weighted by molar-refractivity contribution is -0.608. The van der Waals surface area contributed by atoms with Crippen LogP contribution in [0.15, 0.2) is 24.4 Å². The number of amides is 1. The van der Waals surface area contributed by atoms with Crippen molar-refractivity contribution in [1.82, 2.24) is 5.32 Å². The number of hydrogen-bond donors (Lipinski definition) is 1. The van der Waals surface area contributed by atoms with Gasteiger partial charge in [0.05, 0.1) is 6.07 Å². The Balaban J connectivity index is 2.60. The van der Waals surface area contributed by atoms with Crippen molar-refractivity contribution in [2.24, 2.45) is 5.92 Å². The van der Waals surface area contributed by atoms with E-state index in [2.05, 4.69) is 5.32 Å². The number of esters is 1. The zero-order valence-corrected chi connectivity index (χ0v) is 12.1. The highest BCUT2D eigenvalue weighted by Gasteiger charge is 2.30. The first kappa shape index (κ1) is 16.4. The normalized spacial score (nSPS) is 13.1. The highest BCUT2D eigenvalue weighted by Crippen LogP contribution is 2.14. The maximum Gasteiger partial charge on any atom is 0.405 e. The first-order valence-electron chi connectivity index (χ1n) is 6.37. The Kier molecular flexibility index (Phi) is 5.24. The Labute approximate surface area is 122 Å². The minimum Gasteiger partial charge on any atom is -0.618 e. The summed E-state index contributed by atoms with van der Waals surface area (Å²) in [5.41, 5.74) is -1.26. The first-order valence-corrected chi connectivity index (χ1v) is 6.37. The van der Waals surface area contributed by atoms with Gasteiger partial charge in [-0.05, 0) is 18.9 Å². The smallest absolute Gasteiger partial charge is 0.405 e. The van der Waals surface area contributed by atoms with Gasteiger partial charge in [0.1, 0.15) is 5.54 Å². The summed E-state index contributed by atoms with van der Waals surface area (Å²) in [6.45, 7) is 4.61. The fraction of sp³-hybridized carbons (Fsp3) is 0.429. The van der Waals surface area contributed by atoms with Crippen LogP contribution in [0, 0.1) is 22.5 Å². The molecule has 7 heteroatoms. The summed E-state index contributed by atoms with van der Waals surface area (Å²) in [6.07, 6.45) is 1.15. The van der Waals surface area contributed by atoms with Crippen LogP contribution in [0.3, 0.4) is 0 Å². The predicted molar refractivity (Wildman–Crippen MR) is 72.7 cm³/mol. The molecule has 1 aromatic rings. The van der Waals surface area contributed by atoms with Crippen molar-refractivity contribution in [2.75, 3.05) is 6.61 Å². The number of carbonyl (C=O) groups is 2. The maximum atomic E-state index is 11.7. The largest absolute Gasteiger partial charge is 0.618 e. The minimum absolute atomic E-state index is 0.111. The molecule has 0 fully saturated rings. The summed E-state index contributed by atoms with van der Waals surface area (Å²) in [4.78, 5) is 23.4. The molecule has 0 aliphatic rings. The van der Waals surface area contributed by atoms with Gasteiger partial charge in [0.25, 0.3) is 5.91 Å². The summed E-state index contributed by atoms with van der Waals surface area (Å²) in [5.74, 6) is -1.61. The van der Waals surface area contributed by atoms with Gasteiger partial charge in [0.2, 0.25) is 0 Å². The van der Waals surface area contributed by atoms with E-state index in [4.69, 9.17) is 10.00 Å². The number of pyridine rings is 1. The van der Waals surface area contributed by atoms with Gasteiger partial charge in [-0.1, -0.05) is 13.8 Å². The summed E-state index contributed by atoms with van der Waals surface area (Å²) < 4.78 is 5.11. The van der Waals surface area contributed by atoms with Crippen molar-refractivity contribution in [3.63, 3.8) is 0 Å². The number of aromatic nitrogens is 1. The molecule has 21 heavy (non-hydrogen) atoms. The molecule has 0 saturated carbocycles. The van der Waals surface area contributed by atoms with E-state index in [1.54, 1.807) is 20.8 Å². The van der Waals surface area contributed by atoms with Crippen molar-refractivity contribution < 1.29 is 19.1 Å². The van der Waals surface area contributed by atoms with Crippen molar-refractivity contribution in [2.45, 2.75) is 26.3 Å². The highest BCUT2D eigenvalue weighted by atomic mass is 16.5. The third-order valence-corrected chi connectivity index (χ3v) is 3.15. The van der Waals surface area contributed by atoms with E-state index in [0.29, 0.717) is 4.73 Å². The quantitative estimate of drug-likeness (QED) is 0.484. The van der Waals surface area contributed by atoms with Gasteiger partial charge >= 0.3 is 11.7 Å². The molecular formula is C14H17N3O4. The molecule has 0 saturated heterocycles. The van der Waals surface area contributed by atoms with Gasteiger partial charge < -0.3 is 15.3 Å². The molecule has 0 spiro atoms. The molecule has 112 valence electrons. The van der Waals surface area contributed by atoms with Crippen LogP contribution in [-0.2, 0) is 9.53 Å². The summed E-state index contributed by atoms with van der Waals surface area (Å²) in [6, 6.07) is 6.28. The Morgan fingerprint density at radius 1 is 1.52 bits per heavy atom. The van der Waals surface area contributed by atoms with E-state index in [-0.39, 0.29) is 11.6 Å². The average Bonchev–Trinajstić information content (AvgIpc) is 2.44. The molecule has 0 unspecified atom stereocenters. The molecule has 1 heterocycles. The van der Waals surface area contributed by atoms with Crippen molar-refractivity contribution >= 4 is 11.9 Å². The lowest BCUT2D eigenvalue weighted by atomic mass is 9.90. The summed E-state index contributed by atoms with van der Waals surface area (Å²) >= 11 is 0. The van der Waals surface area contributed by atoms with E-state index in [1.807, 2.05) is 6.07 Å². The number of carbonyl (C=O) groups excluding carboxylic acids is 2. The summed E-state index contributed by atoms with van der Waals surface area (Å²) in [5, 5.41) is 22.9. The standard InChI is InChI=1S/C14H17N3O4/c1-10(2)14(3,9-15)16-12(18)8-21-13(19)11-6-4-5-7-17(11)20/h4-7,10H,8H2,1-3H3,(H,16,18)/t14-/m1/s1. The molecule has 0 aliphatic heterocycles. The fourth-order valence-electron chi connectivity index (χ4n) is 1.42. The second-order valence-corrected chi connectivity index (χ2v) is 5.00. The molecule has 1 atom stereocenters. The van der Waals surface area contributed by atoms with Crippen molar-refractivity contribution in [1.29, 1.82) is 5.26 Å². The second kappa shape index (κ2) is 6.70. The molecule has 0 aliphatic carbocycles. The SMILES string of the molecule is CC(C)[C@@](C)(C#N)NC(=O)COC(=O)c1cccc[n+]1[O-]. The van der Waals surface area contributed by atoms with Crippen LogP contribution >= 0.6 is 0 Å². The number of nitrogens with one attached hydrogen (secondary N) is 1. The maximum absolute atomic E-state index is 11.7. The van der Waals surface area contributed by atoms with Gasteiger partial charge in [0.15, 0.2) is 12.8 Å². The predicted octanol–water partition coefficient (Wildman–Crippen LogP) is 0.531. The van der Waals surface area contributed by atoms with Crippen LogP contribution in [0.5, 0.6) is 0 Å². The molecule has 0 aromatic carbocycles. The zero-order valence-electron chi connectivity index (χ0n) is 12.1. The van der Waals surface area contributed by atoms with Gasteiger partial charge in [-0.25, -0.2) is 4.79 Å². The molecule has 1 amide bonds. The van der Waals surface area contributed by atoms with Crippen LogP contribution in [-0.4, -0.2) is 24.0 Å². The van der Waals surface area contributed by atoms with Crippen LogP contribution < -0.4 is 10.0 Å². The monoisotopic (exact) mass is 291 g/mol. The number of rotatable bonds is 5. The lowest BCUT2D eigenvalue weighted by Gasteiger charge is -2.27. The number of hydrogen-bond acceptors (Lipinski definition) is 5. The Morgan fingerprint density at radius 2 is 2.19 bits per heavy atom. The molecule has 1 aromatic heterocycles. The molecule has 1 rings (SSSR count). The second-order valence-electron chi connectivity index (χ2n) is 5.00. The van der Waals surface area contributed by atoms with Gasteiger partial charge in [-0.15, -0.1) is 0 Å². The molecule has 0 radical (unpaired) electrons. The Morgan fingerprint density at radius 3 is 2.71 bits per heavy atom. The van der Waals surface area contributed by atoms with E-state index in [9.17, 15) is 14.8 Å². The fourth-order valence-corrected chi connectivity index (χ4v) is 1.42. The number of nitrogens with zero attached hydrogens (tertiary/aromatic N) is 2. The van der Waals surface area contributed by atoms with Gasteiger partial charge in [0, 0.05) is 12.1 Å². The molecule has 0 bridgehead atoms. The number of nitriles is 1. The van der Waals surface area contributed by atoms with Crippen LogP contribution in [0.25, 0.3) is 0 Å². The topological polar surface area (TPSA) is 106 Å². The molecular weight excluding hydrogens is 274 g/mol. The Bertz CT molecular complexity index is 580.